The van der Waals surface area contributed by atoms with E-state index in [2.05, 4.69) is 180 Å². The van der Waals surface area contributed by atoms with E-state index in [1.54, 1.807) is 0 Å². The molecule has 0 N–H and O–H groups in total. The predicted molar refractivity (Wildman–Crippen MR) is 228 cm³/mol. The highest BCUT2D eigenvalue weighted by Crippen LogP contribution is 2.43. The fourth-order valence-electron chi connectivity index (χ4n) is 8.24. The van der Waals surface area contributed by atoms with Gasteiger partial charge in [0.05, 0.1) is 33.5 Å². The van der Waals surface area contributed by atoms with Gasteiger partial charge in [0, 0.05) is 54.7 Å². The van der Waals surface area contributed by atoms with E-state index in [-0.39, 0.29) is 0 Å². The molecule has 256 valence electrons. The number of fused-ring (bicyclic) bond motifs is 8. The van der Waals surface area contributed by atoms with Crippen LogP contribution in [0.2, 0.25) is 0 Å². The maximum Gasteiger partial charge on any atom is 0.160 e. The highest BCUT2D eigenvalue weighted by atomic mass is 15.0. The molecule has 11 aromatic rings. The quantitative estimate of drug-likeness (QED) is 0.168. The van der Waals surface area contributed by atoms with E-state index < -0.39 is 0 Å². The molecule has 11 rings (SSSR count). The Kier molecular flexibility index (Phi) is 7.14. The molecule has 0 aliphatic rings. The third-order valence-corrected chi connectivity index (χ3v) is 10.8. The summed E-state index contributed by atoms with van der Waals surface area (Å²) in [5.74, 6) is 0.710. The molecular weight excluding hydrogens is 669 g/mol. The van der Waals surface area contributed by atoms with E-state index in [0.717, 1.165) is 72.1 Å². The molecule has 0 atom stereocenters. The lowest BCUT2D eigenvalue weighted by molar-refractivity contribution is 1.18. The van der Waals surface area contributed by atoms with Crippen LogP contribution in [0.15, 0.2) is 194 Å². The van der Waals surface area contributed by atoms with Crippen LogP contribution in [0.4, 0.5) is 0 Å². The van der Waals surface area contributed by atoms with Gasteiger partial charge >= 0.3 is 0 Å². The van der Waals surface area contributed by atoms with Crippen LogP contribution in [0, 0.1) is 0 Å². The molecule has 0 spiro atoms. The first-order chi connectivity index (χ1) is 27.3. The minimum Gasteiger partial charge on any atom is -0.309 e. The van der Waals surface area contributed by atoms with Crippen LogP contribution in [0.5, 0.6) is 0 Å². The summed E-state index contributed by atoms with van der Waals surface area (Å²) >= 11 is 0. The molecule has 4 heteroatoms. The van der Waals surface area contributed by atoms with E-state index >= 15 is 0 Å². The van der Waals surface area contributed by atoms with Crippen molar-refractivity contribution in [3.05, 3.63) is 194 Å². The highest BCUT2D eigenvalue weighted by Gasteiger charge is 2.20. The maximum absolute atomic E-state index is 5.42. The molecule has 3 heterocycles. The number of benzene rings is 8. The molecule has 0 radical (unpaired) electrons. The zero-order chi connectivity index (χ0) is 36.3. The lowest BCUT2D eigenvalue weighted by atomic mass is 9.94. The van der Waals surface area contributed by atoms with Crippen LogP contribution >= 0.6 is 0 Å². The third-order valence-electron chi connectivity index (χ3n) is 10.8. The van der Waals surface area contributed by atoms with E-state index in [0.29, 0.717) is 5.82 Å². The zero-order valence-corrected chi connectivity index (χ0v) is 29.8. The number of aromatic nitrogens is 4. The average molecular weight is 701 g/mol. The Morgan fingerprint density at radius 2 is 0.891 bits per heavy atom. The summed E-state index contributed by atoms with van der Waals surface area (Å²) in [4.78, 5) is 15.5. The standard InChI is InChI=1S/C51H32N4/c1-4-14-34(15-5-1)49-40-20-10-12-22-43(40)53-51(54-49)36-26-24-33(25-27-36)37-28-29-39-44(32-37)52-50(35-16-6-2-7-17-35)42-30-31-46-48(47(39)42)41-21-11-13-23-45(41)55(46)38-18-8-3-9-19-38/h1-32H. The van der Waals surface area contributed by atoms with Gasteiger partial charge in [0.15, 0.2) is 5.82 Å². The number of nitrogens with zero attached hydrogens (tertiary/aromatic N) is 4. The van der Waals surface area contributed by atoms with Crippen molar-refractivity contribution < 1.29 is 0 Å². The molecule has 0 fully saturated rings. The van der Waals surface area contributed by atoms with Crippen LogP contribution in [0.1, 0.15) is 0 Å². The number of pyridine rings is 1. The number of hydrogen-bond donors (Lipinski definition) is 0. The van der Waals surface area contributed by atoms with Crippen LogP contribution < -0.4 is 0 Å². The van der Waals surface area contributed by atoms with Crippen molar-refractivity contribution >= 4 is 54.4 Å². The first kappa shape index (κ1) is 31.1. The first-order valence-corrected chi connectivity index (χ1v) is 18.6. The van der Waals surface area contributed by atoms with E-state index in [1.165, 1.54) is 27.2 Å². The van der Waals surface area contributed by atoms with Crippen molar-refractivity contribution in [3.63, 3.8) is 0 Å². The Balaban J connectivity index is 1.10. The predicted octanol–water partition coefficient (Wildman–Crippen LogP) is 13.1. The van der Waals surface area contributed by atoms with E-state index in [1.807, 2.05) is 18.2 Å². The molecule has 3 aromatic heterocycles. The Morgan fingerprint density at radius 3 is 1.64 bits per heavy atom. The van der Waals surface area contributed by atoms with E-state index in [9.17, 15) is 0 Å². The topological polar surface area (TPSA) is 43.6 Å². The zero-order valence-electron chi connectivity index (χ0n) is 29.8. The normalized spacial score (nSPS) is 11.6. The van der Waals surface area contributed by atoms with Gasteiger partial charge in [0.25, 0.3) is 0 Å². The number of rotatable bonds is 5. The summed E-state index contributed by atoms with van der Waals surface area (Å²) in [6, 6.07) is 68.4. The third kappa shape index (κ3) is 5.11. The van der Waals surface area contributed by atoms with Gasteiger partial charge in [0.2, 0.25) is 0 Å². The summed E-state index contributed by atoms with van der Waals surface area (Å²) in [5.41, 5.74) is 12.7. The minimum atomic E-state index is 0.710. The Labute approximate surface area is 317 Å². The molecule has 0 saturated heterocycles. The molecule has 0 aliphatic carbocycles. The smallest absolute Gasteiger partial charge is 0.160 e. The molecule has 8 aromatic carbocycles. The van der Waals surface area contributed by atoms with Crippen molar-refractivity contribution in [2.45, 2.75) is 0 Å². The number of para-hydroxylation sites is 3. The van der Waals surface area contributed by atoms with Crippen LogP contribution in [-0.4, -0.2) is 19.5 Å². The van der Waals surface area contributed by atoms with Crippen LogP contribution in [0.25, 0.3) is 105 Å². The lowest BCUT2D eigenvalue weighted by Gasteiger charge is -2.14. The molecule has 0 saturated carbocycles. The monoisotopic (exact) mass is 700 g/mol. The van der Waals surface area contributed by atoms with Crippen LogP contribution in [-0.2, 0) is 0 Å². The molecule has 0 amide bonds. The summed E-state index contributed by atoms with van der Waals surface area (Å²) < 4.78 is 2.39. The van der Waals surface area contributed by atoms with Crippen molar-refractivity contribution in [2.75, 3.05) is 0 Å². The largest absolute Gasteiger partial charge is 0.309 e. The SMILES string of the molecule is c1ccc(-c2nc(-c3ccc(-c4ccc5c(c4)nc(-c4ccccc4)c4ccc6c(c7ccccc7n6-c6ccccc6)c45)cc3)nc3ccccc23)cc1. The molecule has 4 nitrogen and oxygen atoms in total. The van der Waals surface area contributed by atoms with Gasteiger partial charge in [-0.3, -0.25) is 0 Å². The van der Waals surface area contributed by atoms with Gasteiger partial charge in [-0.25, -0.2) is 15.0 Å². The van der Waals surface area contributed by atoms with Crippen molar-refractivity contribution in [3.8, 4) is 50.7 Å². The van der Waals surface area contributed by atoms with Crippen LogP contribution in [0.3, 0.4) is 0 Å². The lowest BCUT2D eigenvalue weighted by Crippen LogP contribution is -1.95. The Hall–Kier alpha value is -7.43. The van der Waals surface area contributed by atoms with Gasteiger partial charge < -0.3 is 4.57 Å². The van der Waals surface area contributed by atoms with Gasteiger partial charge in [-0.1, -0.05) is 158 Å². The van der Waals surface area contributed by atoms with E-state index in [4.69, 9.17) is 15.0 Å². The summed E-state index contributed by atoms with van der Waals surface area (Å²) in [6.07, 6.45) is 0. The molecule has 0 bridgehead atoms. The number of hydrogen-bond acceptors (Lipinski definition) is 3. The van der Waals surface area contributed by atoms with Crippen molar-refractivity contribution in [2.24, 2.45) is 0 Å². The highest BCUT2D eigenvalue weighted by molar-refractivity contribution is 6.29. The second-order valence-electron chi connectivity index (χ2n) is 14.0. The summed E-state index contributed by atoms with van der Waals surface area (Å²) in [7, 11) is 0. The molecule has 55 heavy (non-hydrogen) atoms. The molecule has 0 aliphatic heterocycles. The summed E-state index contributed by atoms with van der Waals surface area (Å²) in [5, 5.41) is 7.01. The maximum atomic E-state index is 5.42. The second-order valence-corrected chi connectivity index (χ2v) is 14.0. The minimum absolute atomic E-state index is 0.710. The summed E-state index contributed by atoms with van der Waals surface area (Å²) in [6.45, 7) is 0. The molecular formula is C51H32N4. The molecule has 0 unspecified atom stereocenters. The van der Waals surface area contributed by atoms with Crippen molar-refractivity contribution in [1.82, 2.24) is 19.5 Å². The first-order valence-electron chi connectivity index (χ1n) is 18.6. The van der Waals surface area contributed by atoms with Gasteiger partial charge in [-0.05, 0) is 47.5 Å². The van der Waals surface area contributed by atoms with Gasteiger partial charge in [-0.2, -0.15) is 0 Å². The second kappa shape index (κ2) is 12.6. The average Bonchev–Trinajstić information content (AvgIpc) is 3.61. The van der Waals surface area contributed by atoms with Crippen molar-refractivity contribution in [1.29, 1.82) is 0 Å². The Morgan fingerprint density at radius 1 is 0.309 bits per heavy atom. The van der Waals surface area contributed by atoms with Gasteiger partial charge in [0.1, 0.15) is 0 Å². The fourth-order valence-corrected chi connectivity index (χ4v) is 8.24. The fraction of sp³-hybridized carbons (Fsp3) is 0. The Bertz CT molecular complexity index is 3220. The van der Waals surface area contributed by atoms with Gasteiger partial charge in [-0.15, -0.1) is 0 Å².